The van der Waals surface area contributed by atoms with Crippen molar-refractivity contribution < 1.29 is 18.1 Å². The van der Waals surface area contributed by atoms with Crippen molar-refractivity contribution in [1.82, 2.24) is 20.1 Å². The second kappa shape index (κ2) is 10.8. The summed E-state index contributed by atoms with van der Waals surface area (Å²) in [6.45, 7) is 7.93. The van der Waals surface area contributed by atoms with Crippen LogP contribution in [0.15, 0.2) is 11.5 Å². The fourth-order valence-electron chi connectivity index (χ4n) is 2.09. The van der Waals surface area contributed by atoms with Gasteiger partial charge < -0.3 is 18.6 Å². The van der Waals surface area contributed by atoms with Gasteiger partial charge in [0.25, 0.3) is 0 Å². The zero-order valence-corrected chi connectivity index (χ0v) is 16.0. The lowest BCUT2D eigenvalue weighted by atomic mass is 10.5. The molecule has 0 unspecified atom stereocenters. The van der Waals surface area contributed by atoms with E-state index in [4.69, 9.17) is 13.3 Å². The summed E-state index contributed by atoms with van der Waals surface area (Å²) in [6.07, 6.45) is 3.92. The van der Waals surface area contributed by atoms with E-state index in [0.29, 0.717) is 44.0 Å². The molecule has 0 fully saturated rings. The Kier molecular flexibility index (Phi) is 9.40. The molecule has 0 aliphatic heterocycles. The van der Waals surface area contributed by atoms with Crippen molar-refractivity contribution in [3.63, 3.8) is 0 Å². The first-order valence-corrected chi connectivity index (χ1v) is 10.9. The summed E-state index contributed by atoms with van der Waals surface area (Å²) in [5.41, 5.74) is 0. The Morgan fingerprint density at radius 1 is 1.26 bits per heavy atom. The van der Waals surface area contributed by atoms with Gasteiger partial charge in [0.05, 0.1) is 0 Å². The zero-order chi connectivity index (χ0) is 17.1. The Morgan fingerprint density at radius 3 is 2.39 bits per heavy atom. The van der Waals surface area contributed by atoms with E-state index in [-0.39, 0.29) is 6.03 Å². The fourth-order valence-corrected chi connectivity index (χ4v) is 5.15. The molecule has 0 aliphatic carbocycles. The highest BCUT2D eigenvalue weighted by atomic mass is 32.2. The Morgan fingerprint density at radius 2 is 1.87 bits per heavy atom. The largest absolute Gasteiger partial charge is 0.500 e. The summed E-state index contributed by atoms with van der Waals surface area (Å²) in [7, 11) is -2.64. The van der Waals surface area contributed by atoms with E-state index in [1.54, 1.807) is 0 Å². The van der Waals surface area contributed by atoms with Crippen LogP contribution >= 0.6 is 11.8 Å². The number of hydrogen-bond acceptors (Lipinski definition) is 7. The molecule has 23 heavy (non-hydrogen) atoms. The number of hydrogen-bond donors (Lipinski definition) is 1. The number of amides is 1. The van der Waals surface area contributed by atoms with Crippen LogP contribution in [0.4, 0.5) is 4.79 Å². The molecule has 1 aromatic heterocycles. The summed E-state index contributed by atoms with van der Waals surface area (Å²) in [5, 5.41) is 7.29. The maximum Gasteiger partial charge on any atom is 0.500 e. The molecule has 132 valence electrons. The first kappa shape index (κ1) is 20.1. The highest BCUT2D eigenvalue weighted by Crippen LogP contribution is 2.17. The minimum Gasteiger partial charge on any atom is -0.374 e. The van der Waals surface area contributed by atoms with Crippen molar-refractivity contribution in [2.45, 2.75) is 38.4 Å². The van der Waals surface area contributed by atoms with Gasteiger partial charge in [-0.15, -0.1) is 5.10 Å². The number of nitrogens with one attached hydrogen (secondary N) is 1. The fraction of sp³-hybridized carbons (Fsp3) is 0.769. The van der Waals surface area contributed by atoms with Crippen molar-refractivity contribution in [1.29, 1.82) is 0 Å². The molecule has 0 radical (unpaired) electrons. The summed E-state index contributed by atoms with van der Waals surface area (Å²) in [4.78, 5) is 16.0. The third kappa shape index (κ3) is 6.22. The molecule has 0 spiro atoms. The van der Waals surface area contributed by atoms with Crippen LogP contribution in [0, 0.1) is 0 Å². The highest BCUT2D eigenvalue weighted by molar-refractivity contribution is 7.98. The summed E-state index contributed by atoms with van der Waals surface area (Å²) in [5.74, 6) is 0. The van der Waals surface area contributed by atoms with E-state index in [9.17, 15) is 4.79 Å². The van der Waals surface area contributed by atoms with Gasteiger partial charge in [0, 0.05) is 32.4 Å². The van der Waals surface area contributed by atoms with Gasteiger partial charge in [-0.1, -0.05) is 11.8 Å². The molecule has 1 N–H and O–H groups in total. The Bertz CT molecular complexity index is 458. The number of aromatic nitrogens is 3. The predicted octanol–water partition coefficient (Wildman–Crippen LogP) is 2.00. The quantitative estimate of drug-likeness (QED) is 0.366. The highest BCUT2D eigenvalue weighted by Gasteiger charge is 2.39. The van der Waals surface area contributed by atoms with Gasteiger partial charge in [0.1, 0.15) is 6.33 Å². The molecule has 8 nitrogen and oxygen atoms in total. The molecular weight excluding hydrogens is 336 g/mol. The van der Waals surface area contributed by atoms with Gasteiger partial charge >= 0.3 is 14.8 Å². The van der Waals surface area contributed by atoms with Gasteiger partial charge in [-0.25, -0.2) is 9.78 Å². The molecule has 1 heterocycles. The average molecular weight is 363 g/mol. The molecule has 0 aliphatic rings. The van der Waals surface area contributed by atoms with Crippen LogP contribution in [-0.2, 0) is 13.3 Å². The SMILES string of the molecule is CCO[Si](CCCNC(=O)n1ncnc1SC)(OCC)OCC. The standard InChI is InChI=1S/C13H26N4O4SSi/c1-5-19-23(20-6-2,21-7-3)10-8-9-14-12(18)17-13(22-4)15-11-16-17/h11H,5-10H2,1-4H3,(H,14,18). The van der Waals surface area contributed by atoms with Gasteiger partial charge in [-0.3, -0.25) is 0 Å². The van der Waals surface area contributed by atoms with E-state index >= 15 is 0 Å². The second-order valence-corrected chi connectivity index (χ2v) is 7.98. The van der Waals surface area contributed by atoms with Crippen LogP contribution in [0.1, 0.15) is 27.2 Å². The summed E-state index contributed by atoms with van der Waals surface area (Å²) >= 11 is 1.37. The third-order valence-electron chi connectivity index (χ3n) is 2.92. The van der Waals surface area contributed by atoms with Crippen molar-refractivity contribution in [2.24, 2.45) is 0 Å². The van der Waals surface area contributed by atoms with Crippen molar-refractivity contribution >= 4 is 26.6 Å². The van der Waals surface area contributed by atoms with Gasteiger partial charge in [0.15, 0.2) is 5.16 Å². The summed E-state index contributed by atoms with van der Waals surface area (Å²) < 4.78 is 18.6. The molecule has 0 aromatic carbocycles. The number of carbonyl (C=O) groups excluding carboxylic acids is 1. The van der Waals surface area contributed by atoms with Crippen molar-refractivity contribution in [2.75, 3.05) is 32.6 Å². The van der Waals surface area contributed by atoms with E-state index < -0.39 is 8.80 Å². The van der Waals surface area contributed by atoms with Crippen molar-refractivity contribution in [3.8, 4) is 0 Å². The first-order chi connectivity index (χ1) is 11.1. The lowest BCUT2D eigenvalue weighted by Crippen LogP contribution is -2.46. The first-order valence-electron chi connectivity index (χ1n) is 7.76. The van der Waals surface area contributed by atoms with Crippen LogP contribution in [0.25, 0.3) is 0 Å². The van der Waals surface area contributed by atoms with Crippen LogP contribution < -0.4 is 5.32 Å². The molecule has 1 amide bonds. The van der Waals surface area contributed by atoms with Gasteiger partial charge in [0.2, 0.25) is 0 Å². The minimum absolute atomic E-state index is 0.289. The number of rotatable bonds is 11. The normalized spacial score (nSPS) is 11.7. The maximum atomic E-state index is 12.0. The lowest BCUT2D eigenvalue weighted by molar-refractivity contribution is 0.0708. The smallest absolute Gasteiger partial charge is 0.374 e. The van der Waals surface area contributed by atoms with E-state index in [1.807, 2.05) is 27.0 Å². The molecule has 0 bridgehead atoms. The molecule has 10 heteroatoms. The van der Waals surface area contributed by atoms with E-state index in [0.717, 1.165) is 0 Å². The zero-order valence-electron chi connectivity index (χ0n) is 14.2. The van der Waals surface area contributed by atoms with Crippen LogP contribution in [-0.4, -0.2) is 62.2 Å². The maximum absolute atomic E-state index is 12.0. The monoisotopic (exact) mass is 362 g/mol. The van der Waals surface area contributed by atoms with E-state index in [1.165, 1.54) is 22.8 Å². The molecule has 0 atom stereocenters. The third-order valence-corrected chi connectivity index (χ3v) is 6.72. The molecular formula is C13H26N4O4SSi. The van der Waals surface area contributed by atoms with Crippen LogP contribution in [0.5, 0.6) is 0 Å². The Labute approximate surface area is 142 Å². The molecule has 1 aromatic rings. The number of carbonyl (C=O) groups is 1. The lowest BCUT2D eigenvalue weighted by Gasteiger charge is -2.28. The van der Waals surface area contributed by atoms with Crippen LogP contribution in [0.3, 0.4) is 0 Å². The predicted molar refractivity (Wildman–Crippen MR) is 90.7 cm³/mol. The van der Waals surface area contributed by atoms with Gasteiger partial charge in [-0.05, 0) is 33.4 Å². The molecule has 0 saturated heterocycles. The number of thioether (sulfide) groups is 1. The molecule has 1 rings (SSSR count). The minimum atomic E-state index is -2.64. The Hall–Kier alpha value is -0.943. The van der Waals surface area contributed by atoms with Crippen molar-refractivity contribution in [3.05, 3.63) is 6.33 Å². The van der Waals surface area contributed by atoms with Gasteiger partial charge in [-0.2, -0.15) is 4.68 Å². The Balaban J connectivity index is 2.48. The average Bonchev–Trinajstić information content (AvgIpc) is 3.01. The van der Waals surface area contributed by atoms with E-state index in [2.05, 4.69) is 15.4 Å². The summed E-state index contributed by atoms with van der Waals surface area (Å²) in [6, 6.07) is 0.374. The number of nitrogens with zero attached hydrogens (tertiary/aromatic N) is 3. The topological polar surface area (TPSA) is 87.5 Å². The second-order valence-electron chi connectivity index (χ2n) is 4.48. The molecule has 0 saturated carbocycles. The van der Waals surface area contributed by atoms with Crippen LogP contribution in [0.2, 0.25) is 6.04 Å².